The summed E-state index contributed by atoms with van der Waals surface area (Å²) in [5, 5.41) is 48.0. The third-order valence-corrected chi connectivity index (χ3v) is 10.6. The second-order valence-electron chi connectivity index (χ2n) is 12.4. The largest absolute Gasteiger partial charge is 0.392 e. The number of allylic oxidation sites excluding steroid dienone is 1. The van der Waals surface area contributed by atoms with Crippen LogP contribution in [0.3, 0.4) is 0 Å². The van der Waals surface area contributed by atoms with Crippen molar-refractivity contribution in [3.63, 3.8) is 0 Å². The van der Waals surface area contributed by atoms with E-state index in [0.29, 0.717) is 19.4 Å². The van der Waals surface area contributed by atoms with Gasteiger partial charge >= 0.3 is 0 Å². The Morgan fingerprint density at radius 1 is 1.00 bits per heavy atom. The molecule has 33 heavy (non-hydrogen) atoms. The Labute approximate surface area is 197 Å². The molecule has 1 aliphatic heterocycles. The zero-order chi connectivity index (χ0) is 24.1. The van der Waals surface area contributed by atoms with Crippen LogP contribution in [-0.2, 0) is 4.74 Å². The highest BCUT2D eigenvalue weighted by Crippen LogP contribution is 2.70. The maximum Gasteiger partial charge on any atom is 0.102 e. The van der Waals surface area contributed by atoms with Crippen molar-refractivity contribution in [3.8, 4) is 0 Å². The van der Waals surface area contributed by atoms with E-state index in [9.17, 15) is 20.4 Å². The summed E-state index contributed by atoms with van der Waals surface area (Å²) in [6, 6.07) is 10.1. The molecule has 5 heteroatoms. The molecule has 0 aromatic heterocycles. The summed E-state index contributed by atoms with van der Waals surface area (Å²) in [7, 11) is 0. The molecule has 1 heterocycles. The summed E-state index contributed by atoms with van der Waals surface area (Å²) in [6.07, 6.45) is -2.34. The van der Waals surface area contributed by atoms with Gasteiger partial charge in [-0.15, -0.1) is 0 Å². The lowest BCUT2D eigenvalue weighted by Crippen LogP contribution is -2.75. The number of aliphatic hydroxyl groups is 4. The Balaban J connectivity index is 1.87. The first-order valence-corrected chi connectivity index (χ1v) is 12.5. The van der Waals surface area contributed by atoms with Crippen molar-refractivity contribution in [2.75, 3.05) is 6.61 Å². The number of hydrogen-bond acceptors (Lipinski definition) is 5. The highest BCUT2D eigenvalue weighted by molar-refractivity contribution is 5.42. The fourth-order valence-corrected chi connectivity index (χ4v) is 8.47. The molecule has 0 spiro atoms. The second kappa shape index (κ2) is 7.14. The first-order chi connectivity index (χ1) is 15.3. The van der Waals surface area contributed by atoms with E-state index in [1.807, 2.05) is 45.9 Å². The monoisotopic (exact) mass is 456 g/mol. The van der Waals surface area contributed by atoms with Crippen molar-refractivity contribution < 1.29 is 25.2 Å². The molecule has 2 unspecified atom stereocenters. The van der Waals surface area contributed by atoms with E-state index in [1.54, 1.807) is 0 Å². The number of ether oxygens (including phenoxy) is 1. The Morgan fingerprint density at radius 2 is 1.64 bits per heavy atom. The summed E-state index contributed by atoms with van der Waals surface area (Å²) in [5.74, 6) is -0.584. The molecule has 0 amide bonds. The Morgan fingerprint density at radius 3 is 2.21 bits per heavy atom. The van der Waals surface area contributed by atoms with Crippen LogP contribution >= 0.6 is 0 Å². The van der Waals surface area contributed by atoms with Crippen LogP contribution in [0.2, 0.25) is 0 Å². The first-order valence-electron chi connectivity index (χ1n) is 12.5. The number of hydrogen-bond donors (Lipinski definition) is 4. The number of aliphatic hydroxyl groups excluding tert-OH is 3. The highest BCUT2D eigenvalue weighted by Gasteiger charge is 2.73. The van der Waals surface area contributed by atoms with Crippen LogP contribution in [0.4, 0.5) is 0 Å². The molecule has 2 bridgehead atoms. The molecule has 1 aromatic rings. The van der Waals surface area contributed by atoms with Gasteiger partial charge in [0.25, 0.3) is 0 Å². The fraction of sp³-hybridized carbons (Fsp3) is 0.714. The van der Waals surface area contributed by atoms with Gasteiger partial charge in [-0.25, -0.2) is 0 Å². The Hall–Kier alpha value is -1.24. The summed E-state index contributed by atoms with van der Waals surface area (Å²) < 4.78 is 5.95. The molecule has 0 radical (unpaired) electrons. The lowest BCUT2D eigenvalue weighted by molar-refractivity contribution is -0.319. The van der Waals surface area contributed by atoms with E-state index >= 15 is 0 Å². The first kappa shape index (κ1) is 23.5. The number of fused-ring (bicyclic) bond motifs is 5. The Bertz CT molecular complexity index is 972. The van der Waals surface area contributed by atoms with Crippen LogP contribution in [0.25, 0.3) is 0 Å². The summed E-state index contributed by atoms with van der Waals surface area (Å²) >= 11 is 0. The predicted molar refractivity (Wildman–Crippen MR) is 126 cm³/mol. The van der Waals surface area contributed by atoms with Crippen LogP contribution in [0.15, 0.2) is 41.5 Å². The van der Waals surface area contributed by atoms with Gasteiger partial charge in [0.15, 0.2) is 0 Å². The van der Waals surface area contributed by atoms with Gasteiger partial charge in [0.2, 0.25) is 0 Å². The highest BCUT2D eigenvalue weighted by atomic mass is 16.5. The van der Waals surface area contributed by atoms with Gasteiger partial charge in [0.1, 0.15) is 6.10 Å². The fourth-order valence-electron chi connectivity index (χ4n) is 8.47. The minimum atomic E-state index is -1.18. The quantitative estimate of drug-likeness (QED) is 0.486. The minimum absolute atomic E-state index is 0.0604. The molecule has 10 atom stereocenters. The number of benzene rings is 1. The van der Waals surface area contributed by atoms with Gasteiger partial charge in [-0.3, -0.25) is 0 Å². The lowest BCUT2D eigenvalue weighted by atomic mass is 9.39. The number of rotatable bonds is 1. The van der Waals surface area contributed by atoms with Crippen LogP contribution in [0, 0.1) is 28.1 Å². The molecule has 3 fully saturated rings. The molecule has 4 aliphatic rings. The zero-order valence-corrected chi connectivity index (χ0v) is 20.7. The van der Waals surface area contributed by atoms with Gasteiger partial charge in [-0.2, -0.15) is 0 Å². The van der Waals surface area contributed by atoms with E-state index in [2.05, 4.69) is 26.0 Å². The molecule has 1 aromatic carbocycles. The SMILES string of the molecule is CC1=C2[C@@H](O)[C@H](O)[C@@]3(C)C(C(c4ccccc4)[C@](O)(C[C@@H]1C)C2(C)C)[C@]1(C)CO[C@@H]1C[C@@H]3O. The van der Waals surface area contributed by atoms with Crippen LogP contribution in [-0.4, -0.2) is 57.0 Å². The summed E-state index contributed by atoms with van der Waals surface area (Å²) in [4.78, 5) is 0. The molecular formula is C28H40O5. The molecule has 2 saturated carbocycles. The third-order valence-electron chi connectivity index (χ3n) is 10.6. The van der Waals surface area contributed by atoms with Crippen molar-refractivity contribution in [1.82, 2.24) is 0 Å². The maximum absolute atomic E-state index is 12.9. The van der Waals surface area contributed by atoms with Gasteiger partial charge in [-0.05, 0) is 36.3 Å². The molecule has 5 rings (SSSR count). The lowest BCUT2D eigenvalue weighted by Gasteiger charge is -2.70. The van der Waals surface area contributed by atoms with Gasteiger partial charge in [0, 0.05) is 28.6 Å². The minimum Gasteiger partial charge on any atom is -0.392 e. The maximum atomic E-state index is 12.9. The van der Waals surface area contributed by atoms with Crippen molar-refractivity contribution in [2.45, 2.75) is 90.3 Å². The molecule has 1 saturated heterocycles. The smallest absolute Gasteiger partial charge is 0.102 e. The van der Waals surface area contributed by atoms with E-state index in [0.717, 1.165) is 16.7 Å². The Kier molecular flexibility index (Phi) is 5.09. The van der Waals surface area contributed by atoms with Crippen molar-refractivity contribution in [1.29, 1.82) is 0 Å². The molecule has 182 valence electrons. The van der Waals surface area contributed by atoms with Crippen molar-refractivity contribution in [2.24, 2.45) is 28.1 Å². The van der Waals surface area contributed by atoms with Gasteiger partial charge in [0.05, 0.1) is 30.5 Å². The van der Waals surface area contributed by atoms with Gasteiger partial charge < -0.3 is 25.2 Å². The predicted octanol–water partition coefficient (Wildman–Crippen LogP) is 3.41. The van der Waals surface area contributed by atoms with E-state index in [4.69, 9.17) is 4.74 Å². The topological polar surface area (TPSA) is 90.2 Å². The van der Waals surface area contributed by atoms with Crippen LogP contribution < -0.4 is 0 Å². The average Bonchev–Trinajstić information content (AvgIpc) is 2.76. The van der Waals surface area contributed by atoms with E-state index in [1.165, 1.54) is 0 Å². The van der Waals surface area contributed by atoms with Crippen molar-refractivity contribution in [3.05, 3.63) is 47.0 Å². The molecule has 3 aliphatic carbocycles. The van der Waals surface area contributed by atoms with E-state index in [-0.39, 0.29) is 29.3 Å². The second-order valence-corrected chi connectivity index (χ2v) is 12.4. The normalized spacial score (nSPS) is 51.0. The molecule has 4 N–H and O–H groups in total. The zero-order valence-electron chi connectivity index (χ0n) is 20.7. The molecular weight excluding hydrogens is 416 g/mol. The van der Waals surface area contributed by atoms with E-state index < -0.39 is 34.7 Å². The summed E-state index contributed by atoms with van der Waals surface area (Å²) in [6.45, 7) is 12.8. The van der Waals surface area contributed by atoms with Gasteiger partial charge in [-0.1, -0.05) is 70.5 Å². The third kappa shape index (κ3) is 2.72. The standard InChI is InChI=1S/C28H40O5/c1-15-13-28(32)21(17-10-8-7-9-11-17)23-26(5)14-33-19(26)12-18(29)27(23,6)24(31)22(30)20(16(15)2)25(28,3)4/h7-11,15,18-19,21-24,29-32H,12-14H2,1-6H3/t15-,18-,19+,21?,22+,23?,24-,26+,27+,28+/m0/s1. The van der Waals surface area contributed by atoms with Crippen molar-refractivity contribution >= 4 is 0 Å². The summed E-state index contributed by atoms with van der Waals surface area (Å²) in [5.41, 5.74) is -0.544. The van der Waals surface area contributed by atoms with Crippen LogP contribution in [0.5, 0.6) is 0 Å². The average molecular weight is 457 g/mol. The van der Waals surface area contributed by atoms with Crippen LogP contribution in [0.1, 0.15) is 65.9 Å². The molecule has 5 nitrogen and oxygen atoms in total.